The maximum Gasteiger partial charge on any atom is 0.416 e. The summed E-state index contributed by atoms with van der Waals surface area (Å²) in [4.78, 5) is 18.6. The Morgan fingerprint density at radius 1 is 1.21 bits per heavy atom. The number of benzene rings is 1. The second-order valence-electron chi connectivity index (χ2n) is 5.35. The predicted molar refractivity (Wildman–Crippen MR) is 84.4 cm³/mol. The van der Waals surface area contributed by atoms with Gasteiger partial charge in [-0.1, -0.05) is 12.1 Å². The van der Waals surface area contributed by atoms with E-state index in [1.807, 2.05) is 4.90 Å². The van der Waals surface area contributed by atoms with Gasteiger partial charge in [0.05, 0.1) is 11.3 Å². The van der Waals surface area contributed by atoms with Gasteiger partial charge in [-0.25, -0.2) is 9.78 Å². The fourth-order valence-corrected chi connectivity index (χ4v) is 3.37. The first-order valence-corrected chi connectivity index (χ1v) is 8.08. The first-order chi connectivity index (χ1) is 11.3. The third-order valence-corrected chi connectivity index (χ3v) is 4.70. The minimum absolute atomic E-state index is 0.383. The van der Waals surface area contributed by atoms with Crippen LogP contribution >= 0.6 is 11.3 Å². The molecule has 1 aromatic carbocycles. The van der Waals surface area contributed by atoms with Crippen molar-refractivity contribution in [2.45, 2.75) is 6.18 Å². The van der Waals surface area contributed by atoms with Crippen molar-refractivity contribution in [2.75, 3.05) is 31.1 Å². The van der Waals surface area contributed by atoms with Crippen LogP contribution in [0.4, 0.5) is 23.1 Å². The van der Waals surface area contributed by atoms with Gasteiger partial charge in [0.1, 0.15) is 0 Å². The molecular weight excluding hydrogens is 343 g/mol. The summed E-state index contributed by atoms with van der Waals surface area (Å²) in [6.45, 7) is 1.80. The van der Waals surface area contributed by atoms with Crippen LogP contribution in [0.2, 0.25) is 0 Å². The Morgan fingerprint density at radius 2 is 1.92 bits per heavy atom. The van der Waals surface area contributed by atoms with Gasteiger partial charge in [0.2, 0.25) is 0 Å². The lowest BCUT2D eigenvalue weighted by molar-refractivity contribution is -0.137. The van der Waals surface area contributed by atoms with Crippen molar-refractivity contribution in [1.29, 1.82) is 0 Å². The van der Waals surface area contributed by atoms with E-state index in [1.54, 1.807) is 11.4 Å². The molecule has 0 unspecified atom stereocenters. The van der Waals surface area contributed by atoms with E-state index >= 15 is 0 Å². The number of hydrogen-bond donors (Lipinski definition) is 1. The zero-order valence-electron chi connectivity index (χ0n) is 12.5. The fourth-order valence-electron chi connectivity index (χ4n) is 2.49. The van der Waals surface area contributed by atoms with E-state index < -0.39 is 17.8 Å². The number of halogens is 3. The topological polar surface area (TPSA) is 56.7 Å². The number of amides is 1. The number of anilines is 1. The van der Waals surface area contributed by atoms with Crippen molar-refractivity contribution in [3.63, 3.8) is 0 Å². The molecule has 5 nitrogen and oxygen atoms in total. The Kier molecular flexibility index (Phi) is 4.35. The number of aromatic nitrogens is 1. The van der Waals surface area contributed by atoms with E-state index in [4.69, 9.17) is 5.11 Å². The molecule has 1 aliphatic heterocycles. The van der Waals surface area contributed by atoms with Gasteiger partial charge < -0.3 is 14.9 Å². The predicted octanol–water partition coefficient (Wildman–Crippen LogP) is 3.63. The van der Waals surface area contributed by atoms with Gasteiger partial charge in [-0.2, -0.15) is 13.2 Å². The zero-order valence-corrected chi connectivity index (χ0v) is 13.3. The number of nitrogens with zero attached hydrogens (tertiary/aromatic N) is 3. The highest BCUT2D eigenvalue weighted by Gasteiger charge is 2.30. The van der Waals surface area contributed by atoms with Crippen molar-refractivity contribution >= 4 is 22.6 Å². The molecule has 3 rings (SSSR count). The summed E-state index contributed by atoms with van der Waals surface area (Å²) in [5.74, 6) is 0. The smallest absolute Gasteiger partial charge is 0.416 e. The van der Waals surface area contributed by atoms with E-state index in [2.05, 4.69) is 4.98 Å². The zero-order chi connectivity index (χ0) is 17.3. The lowest BCUT2D eigenvalue weighted by Gasteiger charge is -2.32. The van der Waals surface area contributed by atoms with E-state index in [-0.39, 0.29) is 0 Å². The van der Waals surface area contributed by atoms with Gasteiger partial charge >= 0.3 is 12.3 Å². The summed E-state index contributed by atoms with van der Waals surface area (Å²) in [7, 11) is 0. The second kappa shape index (κ2) is 6.31. The molecular formula is C15H14F3N3O2S. The van der Waals surface area contributed by atoms with Crippen molar-refractivity contribution in [3.8, 4) is 11.3 Å². The Hall–Kier alpha value is -2.29. The highest BCUT2D eigenvalue weighted by molar-refractivity contribution is 7.14. The average Bonchev–Trinajstić information content (AvgIpc) is 3.04. The van der Waals surface area contributed by atoms with Crippen LogP contribution in [-0.2, 0) is 6.18 Å². The van der Waals surface area contributed by atoms with Gasteiger partial charge in [-0.3, -0.25) is 0 Å². The van der Waals surface area contributed by atoms with Gasteiger partial charge in [-0.05, 0) is 12.1 Å². The molecule has 0 radical (unpaired) electrons. The molecule has 1 N–H and O–H groups in total. The highest BCUT2D eigenvalue weighted by Crippen LogP contribution is 2.33. The first kappa shape index (κ1) is 16.6. The second-order valence-corrected chi connectivity index (χ2v) is 6.19. The van der Waals surface area contributed by atoms with E-state index in [1.165, 1.54) is 22.3 Å². The minimum atomic E-state index is -4.39. The molecule has 2 heterocycles. The molecule has 0 atom stereocenters. The van der Waals surface area contributed by atoms with E-state index in [0.29, 0.717) is 42.6 Å². The van der Waals surface area contributed by atoms with Crippen LogP contribution in [0.15, 0.2) is 29.6 Å². The third kappa shape index (κ3) is 3.45. The van der Waals surface area contributed by atoms with Crippen molar-refractivity contribution < 1.29 is 23.1 Å². The van der Waals surface area contributed by atoms with Crippen molar-refractivity contribution in [1.82, 2.24) is 9.88 Å². The summed E-state index contributed by atoms with van der Waals surface area (Å²) >= 11 is 1.34. The number of rotatable bonds is 2. The Morgan fingerprint density at radius 3 is 2.54 bits per heavy atom. The van der Waals surface area contributed by atoms with E-state index in [0.717, 1.165) is 12.1 Å². The van der Waals surface area contributed by atoms with Crippen molar-refractivity contribution in [2.24, 2.45) is 0 Å². The van der Waals surface area contributed by atoms with Crippen LogP contribution in [0.5, 0.6) is 0 Å². The molecule has 9 heteroatoms. The minimum Gasteiger partial charge on any atom is -0.465 e. The summed E-state index contributed by atoms with van der Waals surface area (Å²) in [6.07, 6.45) is -5.33. The monoisotopic (exact) mass is 357 g/mol. The lowest BCUT2D eigenvalue weighted by Crippen LogP contribution is -2.48. The number of alkyl halides is 3. The van der Waals surface area contributed by atoms with Gasteiger partial charge in [-0.15, -0.1) is 11.3 Å². The summed E-state index contributed by atoms with van der Waals surface area (Å²) in [5.41, 5.74) is 0.197. The van der Waals surface area contributed by atoms with Crippen LogP contribution in [0, 0.1) is 0 Å². The number of hydrogen-bond acceptors (Lipinski definition) is 4. The van der Waals surface area contributed by atoms with E-state index in [9.17, 15) is 18.0 Å². The normalized spacial score (nSPS) is 15.6. The Bertz CT molecular complexity index is 740. The highest BCUT2D eigenvalue weighted by atomic mass is 32.1. The molecule has 1 saturated heterocycles. The molecule has 0 spiro atoms. The third-order valence-electron chi connectivity index (χ3n) is 3.80. The van der Waals surface area contributed by atoms with Crippen LogP contribution in [-0.4, -0.2) is 47.3 Å². The quantitative estimate of drug-likeness (QED) is 0.892. The van der Waals surface area contributed by atoms with Gasteiger partial charge in [0, 0.05) is 37.1 Å². The van der Waals surface area contributed by atoms with Crippen LogP contribution < -0.4 is 4.90 Å². The maximum atomic E-state index is 12.8. The van der Waals surface area contributed by atoms with Crippen LogP contribution in [0.1, 0.15) is 5.56 Å². The molecule has 1 amide bonds. The standard InChI is InChI=1S/C15H14F3N3O2S/c16-15(17,18)11-3-1-2-10(8-11)12-9-24-13(19-12)20-4-6-21(7-5-20)14(22)23/h1-3,8-9H,4-7H2,(H,22,23). The summed E-state index contributed by atoms with van der Waals surface area (Å²) < 4.78 is 38.4. The molecule has 128 valence electrons. The van der Waals surface area contributed by atoms with Crippen LogP contribution in [0.25, 0.3) is 11.3 Å². The Balaban J connectivity index is 1.76. The van der Waals surface area contributed by atoms with Gasteiger partial charge in [0.25, 0.3) is 0 Å². The largest absolute Gasteiger partial charge is 0.465 e. The lowest BCUT2D eigenvalue weighted by atomic mass is 10.1. The number of thiazole rings is 1. The summed E-state index contributed by atoms with van der Waals surface area (Å²) in [6, 6.07) is 5.07. The average molecular weight is 357 g/mol. The van der Waals surface area contributed by atoms with Crippen LogP contribution in [0.3, 0.4) is 0 Å². The summed E-state index contributed by atoms with van der Waals surface area (Å²) in [5, 5.41) is 11.3. The number of carbonyl (C=O) groups is 1. The molecule has 0 aliphatic carbocycles. The molecule has 1 fully saturated rings. The molecule has 0 saturated carbocycles. The maximum absolute atomic E-state index is 12.8. The SMILES string of the molecule is O=C(O)N1CCN(c2nc(-c3cccc(C(F)(F)F)c3)cs2)CC1. The molecule has 2 aromatic rings. The fraction of sp³-hybridized carbons (Fsp3) is 0.333. The number of carboxylic acid groups (broad SMARTS) is 1. The van der Waals surface area contributed by atoms with Crippen molar-refractivity contribution in [3.05, 3.63) is 35.2 Å². The first-order valence-electron chi connectivity index (χ1n) is 7.20. The molecule has 24 heavy (non-hydrogen) atoms. The number of piperazine rings is 1. The molecule has 1 aliphatic rings. The molecule has 1 aromatic heterocycles. The Labute approximate surface area is 140 Å². The molecule has 0 bridgehead atoms. The van der Waals surface area contributed by atoms with Gasteiger partial charge in [0.15, 0.2) is 5.13 Å².